The first kappa shape index (κ1) is 49.7. The van der Waals surface area contributed by atoms with Crippen LogP contribution in [0.1, 0.15) is 155 Å². The number of carbonyl (C=O) groups excluding carboxylic acids is 2. The van der Waals surface area contributed by atoms with Gasteiger partial charge in [0.05, 0.1) is 25.4 Å². The molecule has 1 aliphatic rings. The molecule has 1 saturated heterocycles. The molecule has 4 atom stereocenters. The Morgan fingerprint density at radius 2 is 1.22 bits per heavy atom. The second-order valence-corrected chi connectivity index (χ2v) is 15.3. The van der Waals surface area contributed by atoms with E-state index in [-0.39, 0.29) is 32.6 Å². The minimum atomic E-state index is -4.40. The third-order valence-corrected chi connectivity index (χ3v) is 9.78. The number of rotatable bonds is 37. The van der Waals surface area contributed by atoms with Crippen molar-refractivity contribution in [3.63, 3.8) is 0 Å². The number of phosphoric ester groups is 1. The van der Waals surface area contributed by atoms with Crippen molar-refractivity contribution in [2.75, 3.05) is 26.4 Å². The number of hydrogen-bond acceptors (Lipinski definition) is 9. The zero-order chi connectivity index (χ0) is 39.4. The molecule has 1 rings (SSSR count). The summed E-state index contributed by atoms with van der Waals surface area (Å²) < 4.78 is 38.4. The molecule has 1 fully saturated rings. The van der Waals surface area contributed by atoms with Crippen LogP contribution in [0.25, 0.3) is 0 Å². The Bertz CT molecular complexity index is 1140. The third-order valence-electron chi connectivity index (χ3n) is 8.80. The second-order valence-electron chi connectivity index (χ2n) is 13.9. The number of allylic oxidation sites excluding steroid dienone is 9. The van der Waals surface area contributed by atoms with Crippen LogP contribution >= 0.6 is 7.82 Å². The Balaban J connectivity index is 2.24. The Kier molecular flexibility index (Phi) is 32.3. The highest BCUT2D eigenvalue weighted by atomic mass is 31.2. The SMILES string of the molecule is CCCCC/C=C\C/C=C\C/C=C\C/C=C\CCCC(=O)O[C@H](COC(=O)CCCCCCC/C=C\CC1OC1CCCCC)COP(=O)(O)OCCN. The van der Waals surface area contributed by atoms with Crippen molar-refractivity contribution in [1.29, 1.82) is 0 Å². The van der Waals surface area contributed by atoms with Gasteiger partial charge in [-0.2, -0.15) is 0 Å². The lowest BCUT2D eigenvalue weighted by atomic mass is 10.1. The summed E-state index contributed by atoms with van der Waals surface area (Å²) in [4.78, 5) is 34.8. The molecular weight excluding hydrogens is 705 g/mol. The highest BCUT2D eigenvalue weighted by Crippen LogP contribution is 2.43. The molecule has 310 valence electrons. The zero-order valence-corrected chi connectivity index (χ0v) is 34.5. The van der Waals surface area contributed by atoms with Gasteiger partial charge in [-0.25, -0.2) is 4.57 Å². The van der Waals surface area contributed by atoms with Gasteiger partial charge in [0.15, 0.2) is 6.10 Å². The maximum Gasteiger partial charge on any atom is 0.472 e. The van der Waals surface area contributed by atoms with Gasteiger partial charge in [-0.3, -0.25) is 18.6 Å². The molecule has 0 spiro atoms. The lowest BCUT2D eigenvalue weighted by molar-refractivity contribution is -0.161. The molecule has 3 N–H and O–H groups in total. The molecule has 3 unspecified atom stereocenters. The summed E-state index contributed by atoms with van der Waals surface area (Å²) in [6.07, 6.45) is 42.8. The molecule has 0 aromatic heterocycles. The standard InChI is InChI=1S/C43H74NO9P/c1-3-5-7-8-9-10-11-12-13-14-15-16-17-18-23-26-30-34-43(46)52-39(38-51-54(47,48)50-36-35-44)37-49-42(45)33-29-25-22-20-19-21-24-28-32-41-40(53-41)31-27-6-4-2/h9-10,12-13,15-16,18,23-24,28,39-41H,3-8,11,14,17,19-22,25-27,29-38,44H2,1-2H3,(H,47,48)/b10-9-,13-12-,16-15-,23-18-,28-24-/t39-,40?,41?/m1/s1. The third kappa shape index (κ3) is 32.0. The molecule has 1 aliphatic heterocycles. The van der Waals surface area contributed by atoms with Crippen LogP contribution in [0.15, 0.2) is 60.8 Å². The van der Waals surface area contributed by atoms with E-state index in [1.807, 2.05) is 6.08 Å². The molecule has 10 nitrogen and oxygen atoms in total. The van der Waals surface area contributed by atoms with E-state index >= 15 is 0 Å². The van der Waals surface area contributed by atoms with Crippen molar-refractivity contribution in [3.05, 3.63) is 60.8 Å². The minimum Gasteiger partial charge on any atom is -0.462 e. The van der Waals surface area contributed by atoms with E-state index in [2.05, 4.69) is 68.5 Å². The number of nitrogens with two attached hydrogens (primary N) is 1. The van der Waals surface area contributed by atoms with Gasteiger partial charge in [-0.15, -0.1) is 0 Å². The number of hydrogen-bond donors (Lipinski definition) is 2. The molecule has 0 radical (unpaired) electrons. The summed E-state index contributed by atoms with van der Waals surface area (Å²) in [5.41, 5.74) is 5.34. The Labute approximate surface area is 327 Å². The summed E-state index contributed by atoms with van der Waals surface area (Å²) in [6, 6.07) is 0. The van der Waals surface area contributed by atoms with E-state index in [9.17, 15) is 19.0 Å². The van der Waals surface area contributed by atoms with Crippen LogP contribution < -0.4 is 5.73 Å². The van der Waals surface area contributed by atoms with Crippen LogP contribution in [0.2, 0.25) is 0 Å². The number of phosphoric acid groups is 1. The average Bonchev–Trinajstić information content (AvgIpc) is 3.91. The molecular formula is C43H74NO9P. The van der Waals surface area contributed by atoms with Crippen LogP contribution in [-0.4, -0.2) is 61.5 Å². The van der Waals surface area contributed by atoms with Crippen LogP contribution in [0.5, 0.6) is 0 Å². The summed E-state index contributed by atoms with van der Waals surface area (Å²) in [6.45, 7) is 3.57. The summed E-state index contributed by atoms with van der Waals surface area (Å²) >= 11 is 0. The van der Waals surface area contributed by atoms with Gasteiger partial charge in [0.1, 0.15) is 6.61 Å². The topological polar surface area (TPSA) is 147 Å². The molecule has 0 aromatic carbocycles. The summed E-state index contributed by atoms with van der Waals surface area (Å²) in [7, 11) is -4.40. The monoisotopic (exact) mass is 780 g/mol. The van der Waals surface area contributed by atoms with E-state index in [4.69, 9.17) is 29.0 Å². The summed E-state index contributed by atoms with van der Waals surface area (Å²) in [5.74, 6) is -0.921. The molecule has 0 aliphatic carbocycles. The minimum absolute atomic E-state index is 0.0380. The number of carbonyl (C=O) groups is 2. The molecule has 54 heavy (non-hydrogen) atoms. The predicted molar refractivity (Wildman–Crippen MR) is 219 cm³/mol. The van der Waals surface area contributed by atoms with Gasteiger partial charge < -0.3 is 24.8 Å². The van der Waals surface area contributed by atoms with Crippen molar-refractivity contribution >= 4 is 19.8 Å². The lowest BCUT2D eigenvalue weighted by Gasteiger charge is -2.19. The fourth-order valence-corrected chi connectivity index (χ4v) is 6.34. The highest BCUT2D eigenvalue weighted by Gasteiger charge is 2.36. The van der Waals surface area contributed by atoms with Crippen molar-refractivity contribution in [2.24, 2.45) is 5.73 Å². The van der Waals surface area contributed by atoms with Gasteiger partial charge in [-0.1, -0.05) is 126 Å². The molecule has 1 heterocycles. The second kappa shape index (κ2) is 35.1. The van der Waals surface area contributed by atoms with Crippen molar-refractivity contribution < 1.29 is 42.3 Å². The first-order valence-electron chi connectivity index (χ1n) is 20.9. The van der Waals surface area contributed by atoms with Gasteiger partial charge in [0.25, 0.3) is 0 Å². The zero-order valence-electron chi connectivity index (χ0n) is 33.6. The first-order chi connectivity index (χ1) is 26.3. The quantitative estimate of drug-likeness (QED) is 0.0205. The van der Waals surface area contributed by atoms with E-state index in [0.717, 1.165) is 57.8 Å². The van der Waals surface area contributed by atoms with E-state index in [1.165, 1.54) is 51.4 Å². The molecule has 0 bridgehead atoms. The normalized spacial score (nSPS) is 17.7. The maximum atomic E-state index is 12.5. The lowest BCUT2D eigenvalue weighted by Crippen LogP contribution is -2.29. The van der Waals surface area contributed by atoms with E-state index < -0.39 is 32.5 Å². The molecule has 0 amide bonds. The van der Waals surface area contributed by atoms with Crippen molar-refractivity contribution in [3.8, 4) is 0 Å². The first-order valence-corrected chi connectivity index (χ1v) is 22.4. The Morgan fingerprint density at radius 1 is 0.667 bits per heavy atom. The van der Waals surface area contributed by atoms with E-state index in [1.54, 1.807) is 0 Å². The van der Waals surface area contributed by atoms with Crippen LogP contribution in [-0.2, 0) is 37.4 Å². The molecule has 0 saturated carbocycles. The van der Waals surface area contributed by atoms with Gasteiger partial charge in [0, 0.05) is 19.4 Å². The predicted octanol–water partition coefficient (Wildman–Crippen LogP) is 10.7. The Hall–Kier alpha value is -2.33. The van der Waals surface area contributed by atoms with Crippen molar-refractivity contribution in [2.45, 2.75) is 173 Å². The Morgan fingerprint density at radius 3 is 1.89 bits per heavy atom. The highest BCUT2D eigenvalue weighted by molar-refractivity contribution is 7.47. The largest absolute Gasteiger partial charge is 0.472 e. The van der Waals surface area contributed by atoms with Crippen LogP contribution in [0.4, 0.5) is 0 Å². The molecule has 0 aromatic rings. The number of epoxide rings is 1. The van der Waals surface area contributed by atoms with Gasteiger partial charge in [-0.05, 0) is 77.0 Å². The fourth-order valence-electron chi connectivity index (χ4n) is 5.57. The van der Waals surface area contributed by atoms with Gasteiger partial charge >= 0.3 is 19.8 Å². The fraction of sp³-hybridized carbons (Fsp3) is 0.721. The number of unbranched alkanes of at least 4 members (excludes halogenated alkanes) is 11. The average molecular weight is 780 g/mol. The summed E-state index contributed by atoms with van der Waals surface area (Å²) in [5, 5.41) is 0. The molecule has 11 heteroatoms. The smallest absolute Gasteiger partial charge is 0.462 e. The van der Waals surface area contributed by atoms with Crippen molar-refractivity contribution in [1.82, 2.24) is 0 Å². The van der Waals surface area contributed by atoms with Gasteiger partial charge in [0.2, 0.25) is 0 Å². The van der Waals surface area contributed by atoms with E-state index in [0.29, 0.717) is 31.5 Å². The van der Waals surface area contributed by atoms with Crippen LogP contribution in [0.3, 0.4) is 0 Å². The number of esters is 2. The van der Waals surface area contributed by atoms with Crippen LogP contribution in [0, 0.1) is 0 Å². The maximum absolute atomic E-state index is 12.5. The number of ether oxygens (including phenoxy) is 3.